The van der Waals surface area contributed by atoms with Crippen molar-refractivity contribution in [2.45, 2.75) is 239 Å². The van der Waals surface area contributed by atoms with E-state index in [1.165, 1.54) is 55.8 Å². The molecule has 748 valence electrons. The maximum atomic E-state index is 15.8. The van der Waals surface area contributed by atoms with Crippen LogP contribution >= 0.6 is 11.8 Å². The van der Waals surface area contributed by atoms with Crippen molar-refractivity contribution in [2.75, 3.05) is 71.5 Å². The number of carbonyl (C=O) groups is 17. The van der Waals surface area contributed by atoms with E-state index < -0.39 is 241 Å². The monoisotopic (exact) mass is 1940 g/mol. The summed E-state index contributed by atoms with van der Waals surface area (Å²) in [4.78, 5) is 271. The van der Waals surface area contributed by atoms with Gasteiger partial charge in [-0.05, 0) is 118 Å². The number of nitrogens with zero attached hydrogens (tertiary/aromatic N) is 6. The Morgan fingerprint density at radius 3 is 1.65 bits per heavy atom. The van der Waals surface area contributed by atoms with E-state index in [9.17, 15) is 49.2 Å². The number of unbranched alkanes of at least 4 members (excludes halogenated alkanes) is 2. The number of benzene rings is 3. The SMILES string of the molecule is CCCC[C@H]1C(=O)N(C)[C@@H](CCCC)C(=O)N[C@@H](CCCNC(=N)N)C(=O)N[C@H](C(=O)NCC(N)=O)CSCC(=O)N[C@@H](Cc2ccc(O)cc2)C(=O)N2CCCC[C@H]2C(=O)NC(CC(=O)O)C(=O)N2CCC[C@H]2C(=O)N[C@@H](Cc2c[nH]cn2)C(=O)N[C@@H](CCCN)C(=O)N2C[C@H](O)C[C@H]2C(=O)N[C@@H](Cc2c[nH]c3ccccc23)C(=O)N[C@@H](CO)C(=O)N[C@@H](Cc2c[nH]c3ccccc23)C(=O)N1C. The molecule has 10 rings (SSSR count). The lowest BCUT2D eigenvalue weighted by Gasteiger charge is -2.38. The first kappa shape index (κ1) is 106. The number of phenols is 1. The minimum atomic E-state index is -1.91. The highest BCUT2D eigenvalue weighted by atomic mass is 32.2. The molecule has 46 heteroatoms. The number of H-pyrrole nitrogens is 3. The number of thioether (sulfide) groups is 1. The van der Waals surface area contributed by atoms with Gasteiger partial charge >= 0.3 is 5.97 Å². The summed E-state index contributed by atoms with van der Waals surface area (Å²) in [6, 6.07) is -2.50. The van der Waals surface area contributed by atoms with E-state index in [0.29, 0.717) is 77.0 Å². The number of carboxylic acids is 1. The molecular weight excluding hydrogens is 1810 g/mol. The molecule has 3 aromatic heterocycles. The third-order valence-corrected chi connectivity index (χ3v) is 26.1. The van der Waals surface area contributed by atoms with Gasteiger partial charge in [0.2, 0.25) is 94.5 Å². The molecule has 15 atom stereocenters. The number of primary amides is 1. The Morgan fingerprint density at radius 1 is 0.529 bits per heavy atom. The van der Waals surface area contributed by atoms with Crippen LogP contribution in [0, 0.1) is 5.41 Å². The molecule has 4 aliphatic rings. The van der Waals surface area contributed by atoms with Gasteiger partial charge in [0.05, 0.1) is 43.5 Å². The van der Waals surface area contributed by atoms with Crippen molar-refractivity contribution < 1.29 is 102 Å². The van der Waals surface area contributed by atoms with Gasteiger partial charge in [-0.15, -0.1) is 11.8 Å². The maximum absolute atomic E-state index is 15.8. The Kier molecular flexibility index (Phi) is 39.6. The number of nitrogens with two attached hydrogens (primary N) is 3. The van der Waals surface area contributed by atoms with E-state index in [2.05, 4.69) is 78.4 Å². The number of piperidine rings is 1. The lowest BCUT2D eigenvalue weighted by Crippen LogP contribution is -2.62. The van der Waals surface area contributed by atoms with Gasteiger partial charge < -0.3 is 136 Å². The third kappa shape index (κ3) is 29.2. The van der Waals surface area contributed by atoms with Crippen LogP contribution in [0.2, 0.25) is 0 Å². The quantitative estimate of drug-likeness (QED) is 0.0138. The van der Waals surface area contributed by atoms with E-state index in [1.807, 2.05) is 13.8 Å². The van der Waals surface area contributed by atoms with Gasteiger partial charge in [-0.3, -0.25) is 86.9 Å². The largest absolute Gasteiger partial charge is 0.508 e. The van der Waals surface area contributed by atoms with Crippen LogP contribution in [0.3, 0.4) is 0 Å². The van der Waals surface area contributed by atoms with Crippen molar-refractivity contribution >= 4 is 140 Å². The first-order chi connectivity index (χ1) is 66.1. The molecule has 16 amide bonds. The third-order valence-electron chi connectivity index (χ3n) is 25.1. The Morgan fingerprint density at radius 2 is 1.05 bits per heavy atom. The lowest BCUT2D eigenvalue weighted by molar-refractivity contribution is -0.149. The predicted octanol–water partition coefficient (Wildman–Crippen LogP) is -3.10. The first-order valence-electron chi connectivity index (χ1n) is 46.6. The number of aromatic nitrogens is 4. The molecule has 0 bridgehead atoms. The smallest absolute Gasteiger partial charge is 0.305 e. The number of imidazole rings is 1. The van der Waals surface area contributed by atoms with Crippen molar-refractivity contribution in [3.05, 3.63) is 120 Å². The van der Waals surface area contributed by atoms with Crippen LogP contribution in [0.1, 0.15) is 145 Å². The second-order valence-corrected chi connectivity index (χ2v) is 36.1. The fourth-order valence-electron chi connectivity index (χ4n) is 17.7. The number of aliphatic hydroxyl groups is 2. The Balaban J connectivity index is 1.03. The summed E-state index contributed by atoms with van der Waals surface area (Å²) in [6.07, 6.45) is 3.86. The van der Waals surface area contributed by atoms with Crippen LogP contribution in [-0.2, 0) is 107 Å². The standard InChI is InChI=1S/C92H128N24O21S/c1-5-7-24-70-83(129)104-61(23-16-33-98-92(95)96)79(125)111-69(78(124)101-45-75(94)120)48-138-49-76(121)103-65(36-51-28-30-55(118)31-29-51)89(135)114-34-14-13-26-71(114)85(131)109-67(41-77(122)123)90(136)115-35-17-27-72(115)84(130)107-64(39-54-44-97-50-102-54)81(127)105-62(22-15-32-93)88(134)116-46-56(119)40-74(116)86(132)106-63(37-52-42-99-59-20-11-9-18-57(52)59)80(126)110-68(47-117)82(128)108-66(38-53-43-100-60-21-12-10-19-58(53)60)87(133)113(4)73(25-8-6-2)91(137)112(70)3/h9-12,18-21,28-31,42-44,50,56,61-74,99-100,117-119H,5-8,13-17,22-27,32-41,45-49,93H2,1-4H3,(H2,94,120)(H,97,102)(H,101,124)(H,103,121)(H,104,129)(H,105,127)(H,106,132)(H,107,130)(H,108,128)(H,109,131)(H,110,126)(H,111,125)(H,122,123)(H4,95,96,98)/t56-,61+,62+,63+,64+,65+,66+,67?,68+,69+,70+,71+,72+,73+,74+/m1/s1. The molecule has 7 heterocycles. The Labute approximate surface area is 800 Å². The van der Waals surface area contributed by atoms with Crippen LogP contribution in [-0.4, -0.2) is 333 Å². The van der Waals surface area contributed by atoms with Crippen molar-refractivity contribution in [3.8, 4) is 5.75 Å². The Hall–Kier alpha value is -13.8. The number of amides is 16. The van der Waals surface area contributed by atoms with E-state index in [4.69, 9.17) is 22.6 Å². The van der Waals surface area contributed by atoms with Gasteiger partial charge in [0.15, 0.2) is 5.96 Å². The van der Waals surface area contributed by atoms with Gasteiger partial charge in [-0.1, -0.05) is 88.1 Å². The molecule has 6 aromatic rings. The van der Waals surface area contributed by atoms with Gasteiger partial charge in [0.1, 0.15) is 90.3 Å². The molecule has 138 heavy (non-hydrogen) atoms. The van der Waals surface area contributed by atoms with Crippen LogP contribution < -0.4 is 75.7 Å². The average molecular weight is 1940 g/mol. The van der Waals surface area contributed by atoms with Crippen molar-refractivity contribution in [3.63, 3.8) is 0 Å². The lowest BCUT2D eigenvalue weighted by atomic mass is 9.97. The number of hydrogen-bond donors (Lipinski definition) is 22. The summed E-state index contributed by atoms with van der Waals surface area (Å²) in [7, 11) is 2.68. The molecule has 4 saturated heterocycles. The number of aliphatic hydroxyl groups excluding tert-OH is 2. The molecule has 1 unspecified atom stereocenters. The predicted molar refractivity (Wildman–Crippen MR) is 504 cm³/mol. The number of guanidine groups is 1. The second kappa shape index (κ2) is 51.4. The summed E-state index contributed by atoms with van der Waals surface area (Å²) in [5.41, 5.74) is 20.0. The molecule has 45 nitrogen and oxygen atoms in total. The highest BCUT2D eigenvalue weighted by molar-refractivity contribution is 8.00. The van der Waals surface area contributed by atoms with Gasteiger partial charge in [-0.25, -0.2) is 4.98 Å². The summed E-state index contributed by atoms with van der Waals surface area (Å²) in [5.74, 6) is -18.3. The van der Waals surface area contributed by atoms with Crippen LogP contribution in [0.15, 0.2) is 97.7 Å². The van der Waals surface area contributed by atoms with Crippen LogP contribution in [0.4, 0.5) is 0 Å². The molecule has 25 N–H and O–H groups in total. The van der Waals surface area contributed by atoms with Crippen LogP contribution in [0.25, 0.3) is 21.8 Å². The number of carbonyl (C=O) groups excluding carboxylic acids is 16. The average Bonchev–Trinajstić information content (AvgIpc) is 1.67. The summed E-state index contributed by atoms with van der Waals surface area (Å²) in [5, 5.41) is 81.6. The highest BCUT2D eigenvalue weighted by Crippen LogP contribution is 2.29. The van der Waals surface area contributed by atoms with Gasteiger partial charge in [0, 0.05) is 119 Å². The molecule has 4 aliphatic heterocycles. The molecule has 0 saturated carbocycles. The zero-order chi connectivity index (χ0) is 100.0. The number of likely N-dealkylation sites (N-methyl/N-ethyl adjacent to an activating group) is 2. The number of aromatic amines is 3. The molecular formula is C92H128N24O21S. The molecule has 0 spiro atoms. The second-order valence-electron chi connectivity index (χ2n) is 35.1. The summed E-state index contributed by atoms with van der Waals surface area (Å²) >= 11 is 0.768. The highest BCUT2D eigenvalue weighted by Gasteiger charge is 2.47. The van der Waals surface area contributed by atoms with E-state index in [0.717, 1.165) is 31.4 Å². The number of carboxylic acid groups (broad SMARTS) is 1. The minimum Gasteiger partial charge on any atom is -0.508 e. The van der Waals surface area contributed by atoms with Crippen molar-refractivity contribution in [2.24, 2.45) is 17.2 Å². The molecule has 3 aromatic carbocycles. The Bertz CT molecular complexity index is 5310. The van der Waals surface area contributed by atoms with Crippen LogP contribution in [0.5, 0.6) is 5.75 Å². The van der Waals surface area contributed by atoms with Crippen molar-refractivity contribution in [1.29, 1.82) is 5.41 Å². The number of para-hydroxylation sites is 2. The van der Waals surface area contributed by atoms with Gasteiger partial charge in [-0.2, -0.15) is 0 Å². The summed E-state index contributed by atoms with van der Waals surface area (Å²) in [6.45, 7) is 1.02. The number of fused-ring (bicyclic) bond motifs is 5. The molecule has 0 radical (unpaired) electrons. The number of hydrogen-bond acceptors (Lipinski definition) is 24. The number of phenolic OH excluding ortho intramolecular Hbond substituents is 1. The number of rotatable bonds is 27. The normalized spacial score (nSPS) is 24.9. The van der Waals surface area contributed by atoms with Crippen molar-refractivity contribution in [1.82, 2.24) is 103 Å². The maximum Gasteiger partial charge on any atom is 0.305 e. The van der Waals surface area contributed by atoms with Gasteiger partial charge in [0.25, 0.3) is 0 Å². The van der Waals surface area contributed by atoms with E-state index in [-0.39, 0.29) is 121 Å². The summed E-state index contributed by atoms with van der Waals surface area (Å²) < 4.78 is 0. The minimum absolute atomic E-state index is 0.0174. The number of aromatic hydroxyl groups is 1. The molecule has 4 fully saturated rings. The topological polar surface area (TPSA) is 682 Å². The van der Waals surface area contributed by atoms with E-state index in [1.54, 1.807) is 60.9 Å². The fourth-order valence-corrected chi connectivity index (χ4v) is 18.5. The number of nitrogens with one attached hydrogen (secondary N) is 15. The zero-order valence-corrected chi connectivity index (χ0v) is 78.5. The fraction of sp³-hybridized carbons (Fsp3) is 0.533. The van der Waals surface area contributed by atoms with E-state index >= 15 is 52.7 Å². The number of aliphatic carboxylic acids is 1. The molecule has 0 aliphatic carbocycles. The zero-order valence-electron chi connectivity index (χ0n) is 77.7. The first-order valence-corrected chi connectivity index (χ1v) is 47.7.